The summed E-state index contributed by atoms with van der Waals surface area (Å²) in [6.07, 6.45) is 1.74. The molecule has 2 aromatic rings. The quantitative estimate of drug-likeness (QED) is 0.662. The summed E-state index contributed by atoms with van der Waals surface area (Å²) in [5.74, 6) is -0.261. The van der Waals surface area contributed by atoms with Crippen LogP contribution in [0.2, 0.25) is 0 Å². The second-order valence-electron chi connectivity index (χ2n) is 2.79. The Hall–Kier alpha value is -1.71. The first-order chi connectivity index (χ1) is 6.25. The molecular formula is C9H8FN3. The fourth-order valence-corrected chi connectivity index (χ4v) is 1.13. The molecule has 13 heavy (non-hydrogen) atoms. The van der Waals surface area contributed by atoms with Gasteiger partial charge in [-0.2, -0.15) is 0 Å². The Morgan fingerprint density at radius 1 is 1.38 bits per heavy atom. The maximum atomic E-state index is 12.8. The van der Waals surface area contributed by atoms with E-state index in [1.165, 1.54) is 12.1 Å². The Labute approximate surface area is 74.8 Å². The Kier molecular flexibility index (Phi) is 1.81. The number of benzene rings is 1. The molecule has 2 rings (SSSR count). The lowest BCUT2D eigenvalue weighted by atomic mass is 10.2. The highest BCUT2D eigenvalue weighted by Gasteiger charge is 2.02. The van der Waals surface area contributed by atoms with Gasteiger partial charge in [0.1, 0.15) is 11.5 Å². The minimum atomic E-state index is -0.261. The molecule has 3 nitrogen and oxygen atoms in total. The third-order valence-electron chi connectivity index (χ3n) is 1.72. The van der Waals surface area contributed by atoms with Crippen molar-refractivity contribution in [2.24, 2.45) is 7.05 Å². The SMILES string of the molecule is Cn1cc(-c2cccc(F)c2)nn1. The van der Waals surface area contributed by atoms with E-state index >= 15 is 0 Å². The standard InChI is InChI=1S/C9H8FN3/c1-13-6-9(11-12-13)7-3-2-4-8(10)5-7/h2-6H,1H3. The predicted molar refractivity (Wildman–Crippen MR) is 46.4 cm³/mol. The molecule has 0 amide bonds. The van der Waals surface area contributed by atoms with Gasteiger partial charge in [0.05, 0.1) is 6.20 Å². The minimum absolute atomic E-state index is 0.261. The van der Waals surface area contributed by atoms with Crippen molar-refractivity contribution in [1.29, 1.82) is 0 Å². The monoisotopic (exact) mass is 177 g/mol. The summed E-state index contributed by atoms with van der Waals surface area (Å²) < 4.78 is 14.4. The molecule has 4 heteroatoms. The van der Waals surface area contributed by atoms with E-state index in [0.717, 1.165) is 5.56 Å². The fraction of sp³-hybridized carbons (Fsp3) is 0.111. The first kappa shape index (κ1) is 7.91. The van der Waals surface area contributed by atoms with Gasteiger partial charge in [-0.25, -0.2) is 4.39 Å². The Bertz CT molecular complexity index is 422. The molecule has 0 aliphatic rings. The number of hydrogen-bond acceptors (Lipinski definition) is 2. The Morgan fingerprint density at radius 2 is 2.23 bits per heavy atom. The van der Waals surface area contributed by atoms with Crippen molar-refractivity contribution in [2.45, 2.75) is 0 Å². The van der Waals surface area contributed by atoms with Crippen LogP contribution in [0.3, 0.4) is 0 Å². The number of nitrogens with zero attached hydrogens (tertiary/aromatic N) is 3. The summed E-state index contributed by atoms with van der Waals surface area (Å²) in [6, 6.07) is 6.29. The van der Waals surface area contributed by atoms with Crippen molar-refractivity contribution in [3.05, 3.63) is 36.3 Å². The highest BCUT2D eigenvalue weighted by molar-refractivity contribution is 5.57. The van der Waals surface area contributed by atoms with Gasteiger partial charge in [0.2, 0.25) is 0 Å². The van der Waals surface area contributed by atoms with E-state index in [4.69, 9.17) is 0 Å². The molecule has 1 aromatic carbocycles. The van der Waals surface area contributed by atoms with Crippen LogP contribution in [-0.4, -0.2) is 15.0 Å². The molecule has 0 N–H and O–H groups in total. The van der Waals surface area contributed by atoms with Gasteiger partial charge in [0, 0.05) is 12.6 Å². The third kappa shape index (κ3) is 1.56. The average molecular weight is 177 g/mol. The maximum Gasteiger partial charge on any atom is 0.123 e. The lowest BCUT2D eigenvalue weighted by Gasteiger charge is -1.93. The van der Waals surface area contributed by atoms with Crippen molar-refractivity contribution in [1.82, 2.24) is 15.0 Å². The van der Waals surface area contributed by atoms with Crippen molar-refractivity contribution >= 4 is 0 Å². The van der Waals surface area contributed by atoms with Gasteiger partial charge in [-0.15, -0.1) is 5.10 Å². The molecule has 0 radical (unpaired) electrons. The molecular weight excluding hydrogens is 169 g/mol. The third-order valence-corrected chi connectivity index (χ3v) is 1.72. The smallest absolute Gasteiger partial charge is 0.123 e. The van der Waals surface area contributed by atoms with Crippen LogP contribution < -0.4 is 0 Å². The highest BCUT2D eigenvalue weighted by atomic mass is 19.1. The minimum Gasteiger partial charge on any atom is -0.255 e. The molecule has 0 fully saturated rings. The molecule has 0 bridgehead atoms. The summed E-state index contributed by atoms with van der Waals surface area (Å²) in [6.45, 7) is 0. The van der Waals surface area contributed by atoms with E-state index in [9.17, 15) is 4.39 Å². The molecule has 0 saturated heterocycles. The summed E-state index contributed by atoms with van der Waals surface area (Å²) in [7, 11) is 1.77. The van der Waals surface area contributed by atoms with Gasteiger partial charge in [0.15, 0.2) is 0 Å². The van der Waals surface area contributed by atoms with Crippen LogP contribution in [0.15, 0.2) is 30.5 Å². The largest absolute Gasteiger partial charge is 0.255 e. The Morgan fingerprint density at radius 3 is 2.85 bits per heavy atom. The van der Waals surface area contributed by atoms with Gasteiger partial charge in [-0.3, -0.25) is 4.68 Å². The van der Waals surface area contributed by atoms with Gasteiger partial charge in [-0.05, 0) is 12.1 Å². The predicted octanol–water partition coefficient (Wildman–Crippen LogP) is 1.62. The number of hydrogen-bond donors (Lipinski definition) is 0. The summed E-state index contributed by atoms with van der Waals surface area (Å²) in [5.41, 5.74) is 1.43. The molecule has 0 spiro atoms. The topological polar surface area (TPSA) is 30.7 Å². The van der Waals surface area contributed by atoms with E-state index in [-0.39, 0.29) is 5.82 Å². The average Bonchev–Trinajstić information content (AvgIpc) is 2.52. The van der Waals surface area contributed by atoms with Crippen LogP contribution in [0, 0.1) is 5.82 Å². The first-order valence-corrected chi connectivity index (χ1v) is 3.88. The van der Waals surface area contributed by atoms with Crippen molar-refractivity contribution in [2.75, 3.05) is 0 Å². The van der Waals surface area contributed by atoms with Crippen LogP contribution in [0.25, 0.3) is 11.3 Å². The second kappa shape index (κ2) is 2.97. The normalized spacial score (nSPS) is 10.3. The Balaban J connectivity index is 2.46. The van der Waals surface area contributed by atoms with Gasteiger partial charge >= 0.3 is 0 Å². The second-order valence-corrected chi connectivity index (χ2v) is 2.79. The molecule has 0 unspecified atom stereocenters. The number of aryl methyl sites for hydroxylation is 1. The number of halogens is 1. The van der Waals surface area contributed by atoms with E-state index in [0.29, 0.717) is 5.69 Å². The van der Waals surface area contributed by atoms with Crippen molar-refractivity contribution in [3.8, 4) is 11.3 Å². The van der Waals surface area contributed by atoms with Crippen LogP contribution in [-0.2, 0) is 7.05 Å². The zero-order valence-electron chi connectivity index (χ0n) is 7.11. The van der Waals surface area contributed by atoms with Gasteiger partial charge < -0.3 is 0 Å². The maximum absolute atomic E-state index is 12.8. The van der Waals surface area contributed by atoms with E-state index in [1.54, 1.807) is 30.1 Å². The summed E-state index contributed by atoms with van der Waals surface area (Å²) in [4.78, 5) is 0. The molecule has 0 aliphatic heterocycles. The lowest BCUT2D eigenvalue weighted by Crippen LogP contribution is -1.85. The van der Waals surface area contributed by atoms with E-state index in [2.05, 4.69) is 10.3 Å². The molecule has 1 heterocycles. The van der Waals surface area contributed by atoms with Crippen LogP contribution in [0.1, 0.15) is 0 Å². The summed E-state index contributed by atoms with van der Waals surface area (Å²) >= 11 is 0. The molecule has 0 atom stereocenters. The van der Waals surface area contributed by atoms with Crippen molar-refractivity contribution in [3.63, 3.8) is 0 Å². The van der Waals surface area contributed by atoms with Gasteiger partial charge in [0.25, 0.3) is 0 Å². The molecule has 66 valence electrons. The van der Waals surface area contributed by atoms with Crippen molar-refractivity contribution < 1.29 is 4.39 Å². The fourth-order valence-electron chi connectivity index (χ4n) is 1.13. The highest BCUT2D eigenvalue weighted by Crippen LogP contribution is 2.16. The zero-order chi connectivity index (χ0) is 9.26. The van der Waals surface area contributed by atoms with Crippen LogP contribution in [0.4, 0.5) is 4.39 Å². The summed E-state index contributed by atoms with van der Waals surface area (Å²) in [5, 5.41) is 7.64. The van der Waals surface area contributed by atoms with Gasteiger partial charge in [-0.1, -0.05) is 17.3 Å². The lowest BCUT2D eigenvalue weighted by molar-refractivity contribution is 0.628. The molecule has 0 saturated carbocycles. The number of aromatic nitrogens is 3. The van der Waals surface area contributed by atoms with Crippen LogP contribution in [0.5, 0.6) is 0 Å². The first-order valence-electron chi connectivity index (χ1n) is 3.88. The molecule has 1 aromatic heterocycles. The van der Waals surface area contributed by atoms with E-state index < -0.39 is 0 Å². The van der Waals surface area contributed by atoms with E-state index in [1.807, 2.05) is 0 Å². The number of rotatable bonds is 1. The molecule has 0 aliphatic carbocycles. The zero-order valence-corrected chi connectivity index (χ0v) is 7.11. The van der Waals surface area contributed by atoms with Crippen LogP contribution >= 0.6 is 0 Å².